The number of hydrogen-bond acceptors (Lipinski definition) is 3. The van der Waals surface area contributed by atoms with Crippen molar-refractivity contribution in [3.63, 3.8) is 0 Å². The SMILES string of the molecule is CN(C)C(=O)C1=NO[C@@H](c2c(F)cccc2F)C1. The van der Waals surface area contributed by atoms with Gasteiger partial charge >= 0.3 is 0 Å². The summed E-state index contributed by atoms with van der Waals surface area (Å²) in [6.07, 6.45) is -0.820. The van der Waals surface area contributed by atoms with Crippen molar-refractivity contribution >= 4 is 11.6 Å². The van der Waals surface area contributed by atoms with Gasteiger partial charge in [-0.2, -0.15) is 0 Å². The molecule has 0 radical (unpaired) electrons. The number of rotatable bonds is 2. The lowest BCUT2D eigenvalue weighted by molar-refractivity contribution is -0.121. The molecule has 1 aliphatic rings. The summed E-state index contributed by atoms with van der Waals surface area (Å²) in [6.45, 7) is 0. The summed E-state index contributed by atoms with van der Waals surface area (Å²) in [5, 5.41) is 3.59. The number of oxime groups is 1. The van der Waals surface area contributed by atoms with Crippen molar-refractivity contribution in [1.82, 2.24) is 4.90 Å². The van der Waals surface area contributed by atoms with Gasteiger partial charge in [-0.25, -0.2) is 8.78 Å². The van der Waals surface area contributed by atoms with Crippen LogP contribution >= 0.6 is 0 Å². The van der Waals surface area contributed by atoms with Gasteiger partial charge in [0.2, 0.25) is 0 Å². The molecular formula is C12H12F2N2O2. The lowest BCUT2D eigenvalue weighted by Crippen LogP contribution is -2.29. The highest BCUT2D eigenvalue weighted by atomic mass is 19.1. The standard InChI is InChI=1S/C12H12F2N2O2/c1-16(2)12(17)9-6-10(18-15-9)11-7(13)4-3-5-8(11)14/h3-5,10H,6H2,1-2H3/t10-/m1/s1. The molecule has 0 fully saturated rings. The number of benzene rings is 1. The first-order valence-corrected chi connectivity index (χ1v) is 5.39. The van der Waals surface area contributed by atoms with E-state index in [2.05, 4.69) is 5.16 Å². The van der Waals surface area contributed by atoms with Gasteiger partial charge in [0.25, 0.3) is 5.91 Å². The molecule has 0 bridgehead atoms. The molecule has 1 aromatic rings. The summed E-state index contributed by atoms with van der Waals surface area (Å²) >= 11 is 0. The van der Waals surface area contributed by atoms with Gasteiger partial charge < -0.3 is 9.74 Å². The van der Waals surface area contributed by atoms with E-state index in [4.69, 9.17) is 4.84 Å². The van der Waals surface area contributed by atoms with E-state index in [1.54, 1.807) is 14.1 Å². The number of halogens is 2. The fraction of sp³-hybridized carbons (Fsp3) is 0.333. The van der Waals surface area contributed by atoms with Crippen LogP contribution in [0.1, 0.15) is 18.1 Å². The van der Waals surface area contributed by atoms with Crippen LogP contribution in [0.5, 0.6) is 0 Å². The van der Waals surface area contributed by atoms with Crippen LogP contribution < -0.4 is 0 Å². The Kier molecular flexibility index (Phi) is 3.27. The lowest BCUT2D eigenvalue weighted by Gasteiger charge is -2.11. The van der Waals surface area contributed by atoms with E-state index in [1.165, 1.54) is 11.0 Å². The van der Waals surface area contributed by atoms with E-state index in [0.717, 1.165) is 12.1 Å². The average Bonchev–Trinajstić information content (AvgIpc) is 2.77. The third-order valence-corrected chi connectivity index (χ3v) is 2.64. The molecule has 0 aliphatic carbocycles. The zero-order valence-corrected chi connectivity index (χ0v) is 9.98. The first kappa shape index (κ1) is 12.5. The van der Waals surface area contributed by atoms with Crippen LogP contribution in [0.4, 0.5) is 8.78 Å². The van der Waals surface area contributed by atoms with E-state index in [1.807, 2.05) is 0 Å². The van der Waals surface area contributed by atoms with Crippen molar-refractivity contribution in [2.75, 3.05) is 14.1 Å². The second-order valence-corrected chi connectivity index (χ2v) is 4.17. The normalized spacial score (nSPS) is 18.2. The molecule has 18 heavy (non-hydrogen) atoms. The molecule has 0 saturated heterocycles. The van der Waals surface area contributed by atoms with Crippen molar-refractivity contribution in [2.45, 2.75) is 12.5 Å². The first-order valence-electron chi connectivity index (χ1n) is 5.39. The number of amides is 1. The van der Waals surface area contributed by atoms with E-state index >= 15 is 0 Å². The molecule has 0 spiro atoms. The Morgan fingerprint density at radius 1 is 1.39 bits per heavy atom. The number of carbonyl (C=O) groups is 1. The number of nitrogens with zero attached hydrogens (tertiary/aromatic N) is 2. The molecule has 1 aromatic carbocycles. The zero-order valence-electron chi connectivity index (χ0n) is 9.98. The number of hydrogen-bond donors (Lipinski definition) is 0. The predicted octanol–water partition coefficient (Wildman–Crippen LogP) is 1.87. The Morgan fingerprint density at radius 2 is 2.00 bits per heavy atom. The van der Waals surface area contributed by atoms with E-state index < -0.39 is 17.7 Å². The second-order valence-electron chi connectivity index (χ2n) is 4.17. The smallest absolute Gasteiger partial charge is 0.271 e. The highest BCUT2D eigenvalue weighted by molar-refractivity contribution is 6.38. The Morgan fingerprint density at radius 3 is 2.56 bits per heavy atom. The van der Waals surface area contributed by atoms with Gasteiger partial charge in [0.15, 0.2) is 6.10 Å². The van der Waals surface area contributed by atoms with E-state index in [9.17, 15) is 13.6 Å². The molecule has 0 N–H and O–H groups in total. The third kappa shape index (κ3) is 2.18. The molecule has 0 aromatic heterocycles. The van der Waals surface area contributed by atoms with Crippen molar-refractivity contribution in [1.29, 1.82) is 0 Å². The first-order chi connectivity index (χ1) is 8.50. The maximum atomic E-state index is 13.5. The van der Waals surface area contributed by atoms with Crippen LogP contribution in [0.25, 0.3) is 0 Å². The van der Waals surface area contributed by atoms with Crippen molar-refractivity contribution < 1.29 is 18.4 Å². The van der Waals surface area contributed by atoms with Crippen LogP contribution in [-0.2, 0) is 9.63 Å². The van der Waals surface area contributed by atoms with Crippen molar-refractivity contribution in [3.05, 3.63) is 35.4 Å². The summed E-state index contributed by atoms with van der Waals surface area (Å²) in [4.78, 5) is 17.9. The quantitative estimate of drug-likeness (QED) is 0.808. The van der Waals surface area contributed by atoms with Gasteiger partial charge in [0, 0.05) is 20.5 Å². The molecule has 1 atom stereocenters. The lowest BCUT2D eigenvalue weighted by atomic mass is 10.0. The molecule has 1 amide bonds. The van der Waals surface area contributed by atoms with Gasteiger partial charge in [0.1, 0.15) is 17.3 Å². The molecule has 6 heteroatoms. The van der Waals surface area contributed by atoms with Gasteiger partial charge in [-0.15, -0.1) is 0 Å². The minimum atomic E-state index is -0.884. The minimum absolute atomic E-state index is 0.0644. The highest BCUT2D eigenvalue weighted by Gasteiger charge is 2.31. The summed E-state index contributed by atoms with van der Waals surface area (Å²) in [7, 11) is 3.14. The molecule has 96 valence electrons. The maximum Gasteiger partial charge on any atom is 0.271 e. The Balaban J connectivity index is 2.19. The maximum absolute atomic E-state index is 13.5. The molecule has 0 saturated carbocycles. The van der Waals surface area contributed by atoms with Crippen LogP contribution in [0, 0.1) is 11.6 Å². The molecule has 0 unspecified atom stereocenters. The van der Waals surface area contributed by atoms with Gasteiger partial charge in [-0.3, -0.25) is 4.79 Å². The average molecular weight is 254 g/mol. The summed E-state index contributed by atoms with van der Waals surface area (Å²) in [6, 6.07) is 3.57. The summed E-state index contributed by atoms with van der Waals surface area (Å²) < 4.78 is 27.0. The predicted molar refractivity (Wildman–Crippen MR) is 60.9 cm³/mol. The topological polar surface area (TPSA) is 41.9 Å². The van der Waals surface area contributed by atoms with Crippen molar-refractivity contribution in [3.8, 4) is 0 Å². The number of carbonyl (C=O) groups excluding carboxylic acids is 1. The van der Waals surface area contributed by atoms with E-state index in [0.29, 0.717) is 0 Å². The van der Waals surface area contributed by atoms with Crippen LogP contribution in [0.3, 0.4) is 0 Å². The molecule has 4 nitrogen and oxygen atoms in total. The zero-order chi connectivity index (χ0) is 13.3. The fourth-order valence-corrected chi connectivity index (χ4v) is 1.73. The molecule has 1 heterocycles. The van der Waals surface area contributed by atoms with E-state index in [-0.39, 0.29) is 23.6 Å². The Hall–Kier alpha value is -1.98. The monoisotopic (exact) mass is 254 g/mol. The summed E-state index contributed by atoms with van der Waals surface area (Å²) in [5.74, 6) is -1.73. The Bertz CT molecular complexity index is 495. The van der Waals surface area contributed by atoms with Crippen molar-refractivity contribution in [2.24, 2.45) is 5.16 Å². The molecular weight excluding hydrogens is 242 g/mol. The van der Waals surface area contributed by atoms with Gasteiger partial charge in [-0.05, 0) is 12.1 Å². The summed E-state index contributed by atoms with van der Waals surface area (Å²) in [5.41, 5.74) is -0.0320. The third-order valence-electron chi connectivity index (χ3n) is 2.64. The van der Waals surface area contributed by atoms with Crippen LogP contribution in [0.2, 0.25) is 0 Å². The largest absolute Gasteiger partial charge is 0.387 e. The highest BCUT2D eigenvalue weighted by Crippen LogP contribution is 2.31. The molecule has 1 aliphatic heterocycles. The molecule has 2 rings (SSSR count). The fourth-order valence-electron chi connectivity index (χ4n) is 1.73. The minimum Gasteiger partial charge on any atom is -0.387 e. The van der Waals surface area contributed by atoms with Gasteiger partial charge in [0.05, 0.1) is 5.56 Å². The van der Waals surface area contributed by atoms with Crippen LogP contribution in [-0.4, -0.2) is 30.6 Å². The van der Waals surface area contributed by atoms with Crippen LogP contribution in [0.15, 0.2) is 23.4 Å². The van der Waals surface area contributed by atoms with Gasteiger partial charge in [-0.1, -0.05) is 11.2 Å². The Labute approximate surface area is 103 Å². The second kappa shape index (κ2) is 4.72.